The molecule has 0 saturated carbocycles. The Kier molecular flexibility index (Phi) is 4.23. The topological polar surface area (TPSA) is 69.4 Å². The summed E-state index contributed by atoms with van der Waals surface area (Å²) in [6.07, 6.45) is 0. The lowest BCUT2D eigenvalue weighted by Gasteiger charge is -1.97. The second-order valence-electron chi connectivity index (χ2n) is 3.25. The first-order valence-electron chi connectivity index (χ1n) is 4.98. The summed E-state index contributed by atoms with van der Waals surface area (Å²) in [5, 5.41) is 10.8. The van der Waals surface area contributed by atoms with Gasteiger partial charge in [0.15, 0.2) is 0 Å². The van der Waals surface area contributed by atoms with Gasteiger partial charge in [0.2, 0.25) is 0 Å². The van der Waals surface area contributed by atoms with E-state index in [2.05, 4.69) is 16.6 Å². The van der Waals surface area contributed by atoms with E-state index in [9.17, 15) is 14.9 Å². The van der Waals surface area contributed by atoms with Crippen LogP contribution >= 0.6 is 0 Å². The molecule has 0 aliphatic heterocycles. The van der Waals surface area contributed by atoms with Gasteiger partial charge in [0.1, 0.15) is 5.56 Å². The lowest BCUT2D eigenvalue weighted by Crippen LogP contribution is -2.00. The fourth-order valence-electron chi connectivity index (χ4n) is 1.18. The average Bonchev–Trinajstić information content (AvgIpc) is 2.27. The van der Waals surface area contributed by atoms with Crippen molar-refractivity contribution in [2.45, 2.75) is 13.8 Å². The number of hydrogen-bond acceptors (Lipinski definition) is 4. The van der Waals surface area contributed by atoms with Crippen LogP contribution in [-0.4, -0.2) is 17.5 Å². The highest BCUT2D eigenvalue weighted by molar-refractivity contribution is 5.89. The molecule has 0 heterocycles. The van der Waals surface area contributed by atoms with Crippen LogP contribution in [0.25, 0.3) is 0 Å². The molecule has 0 spiro atoms. The van der Waals surface area contributed by atoms with Crippen molar-refractivity contribution in [1.82, 2.24) is 0 Å². The lowest BCUT2D eigenvalue weighted by atomic mass is 10.1. The van der Waals surface area contributed by atoms with E-state index in [0.717, 1.165) is 5.56 Å². The number of aryl methyl sites for hydroxylation is 1. The number of nitrogens with zero attached hydrogens (tertiary/aromatic N) is 1. The molecule has 1 aromatic carbocycles. The molecule has 1 aromatic rings. The third-order valence-corrected chi connectivity index (χ3v) is 1.92. The van der Waals surface area contributed by atoms with Crippen LogP contribution in [0.5, 0.6) is 0 Å². The lowest BCUT2D eigenvalue weighted by molar-refractivity contribution is -0.385. The van der Waals surface area contributed by atoms with Gasteiger partial charge < -0.3 is 4.74 Å². The van der Waals surface area contributed by atoms with Crippen molar-refractivity contribution in [1.29, 1.82) is 0 Å². The van der Waals surface area contributed by atoms with Gasteiger partial charge in [-0.25, -0.2) is 4.79 Å². The number of ether oxygens (including phenoxy) is 1. The molecule has 88 valence electrons. The minimum atomic E-state index is -0.692. The largest absolute Gasteiger partial charge is 0.456 e. The first-order chi connectivity index (χ1) is 8.04. The van der Waals surface area contributed by atoms with Gasteiger partial charge in [-0.05, 0) is 31.4 Å². The fraction of sp³-hybridized carbons (Fsp3) is 0.250. The van der Waals surface area contributed by atoms with Gasteiger partial charge in [0, 0.05) is 12.0 Å². The number of nitro groups is 1. The monoisotopic (exact) mass is 233 g/mol. The molecular weight excluding hydrogens is 222 g/mol. The van der Waals surface area contributed by atoms with Gasteiger partial charge in [0.25, 0.3) is 5.69 Å². The van der Waals surface area contributed by atoms with Gasteiger partial charge >= 0.3 is 5.97 Å². The molecule has 0 fully saturated rings. The summed E-state index contributed by atoms with van der Waals surface area (Å²) in [6.45, 7) is 3.63. The summed E-state index contributed by atoms with van der Waals surface area (Å²) >= 11 is 0. The molecule has 0 aromatic heterocycles. The summed E-state index contributed by atoms with van der Waals surface area (Å²) in [5.74, 6) is 3.95. The summed E-state index contributed by atoms with van der Waals surface area (Å²) < 4.78 is 4.61. The van der Waals surface area contributed by atoms with Crippen LogP contribution in [0.3, 0.4) is 0 Å². The van der Waals surface area contributed by atoms with E-state index in [1.54, 1.807) is 19.9 Å². The van der Waals surface area contributed by atoms with Crippen molar-refractivity contribution in [3.05, 3.63) is 39.4 Å². The number of hydrogen-bond donors (Lipinski definition) is 0. The molecular formula is C12H11NO4. The Hall–Kier alpha value is -2.35. The van der Waals surface area contributed by atoms with E-state index < -0.39 is 10.9 Å². The molecule has 0 unspecified atom stereocenters. The third kappa shape index (κ3) is 3.61. The van der Waals surface area contributed by atoms with Crippen molar-refractivity contribution in [2.75, 3.05) is 6.61 Å². The highest BCUT2D eigenvalue weighted by atomic mass is 16.6. The van der Waals surface area contributed by atoms with Crippen molar-refractivity contribution >= 4 is 11.7 Å². The first-order valence-corrected chi connectivity index (χ1v) is 4.98. The molecule has 0 amide bonds. The molecule has 0 N–H and O–H groups in total. The van der Waals surface area contributed by atoms with Crippen molar-refractivity contribution in [3.63, 3.8) is 0 Å². The minimum absolute atomic E-state index is 0.109. The van der Waals surface area contributed by atoms with Crippen LogP contribution < -0.4 is 0 Å². The average molecular weight is 233 g/mol. The van der Waals surface area contributed by atoms with Crippen LogP contribution in [-0.2, 0) is 9.53 Å². The maximum Gasteiger partial charge on any atom is 0.384 e. The van der Waals surface area contributed by atoms with Gasteiger partial charge in [0.05, 0.1) is 11.5 Å². The van der Waals surface area contributed by atoms with E-state index in [1.165, 1.54) is 12.1 Å². The van der Waals surface area contributed by atoms with Gasteiger partial charge in [-0.2, -0.15) is 0 Å². The minimum Gasteiger partial charge on any atom is -0.456 e. The number of carbonyl (C=O) groups is 1. The van der Waals surface area contributed by atoms with Crippen LogP contribution in [0.15, 0.2) is 18.2 Å². The Morgan fingerprint density at radius 1 is 1.53 bits per heavy atom. The Morgan fingerprint density at radius 3 is 2.82 bits per heavy atom. The van der Waals surface area contributed by atoms with Crippen LogP contribution in [0.2, 0.25) is 0 Å². The fourth-order valence-corrected chi connectivity index (χ4v) is 1.18. The van der Waals surface area contributed by atoms with Crippen molar-refractivity contribution in [2.24, 2.45) is 0 Å². The van der Waals surface area contributed by atoms with Gasteiger partial charge in [-0.3, -0.25) is 10.1 Å². The molecule has 17 heavy (non-hydrogen) atoms. The van der Waals surface area contributed by atoms with Crippen molar-refractivity contribution < 1.29 is 14.5 Å². The summed E-state index contributed by atoms with van der Waals surface area (Å²) in [7, 11) is 0. The van der Waals surface area contributed by atoms with Crippen LogP contribution in [0.1, 0.15) is 18.1 Å². The van der Waals surface area contributed by atoms with E-state index >= 15 is 0 Å². The summed E-state index contributed by atoms with van der Waals surface area (Å²) in [6, 6.07) is 4.62. The molecule has 5 nitrogen and oxygen atoms in total. The molecule has 0 aliphatic rings. The molecule has 0 bridgehead atoms. The van der Waals surface area contributed by atoms with Gasteiger partial charge in [-0.1, -0.05) is 6.07 Å². The van der Waals surface area contributed by atoms with E-state index in [0.29, 0.717) is 0 Å². The standard InChI is InChI=1S/C12H11NO4/c1-3-17-12(14)7-6-10-5-4-9(2)8-11(10)13(15)16/h4-5,8H,3H2,1-2H3. The van der Waals surface area contributed by atoms with Crippen LogP contribution in [0, 0.1) is 28.9 Å². The Morgan fingerprint density at radius 2 is 2.24 bits per heavy atom. The number of benzene rings is 1. The normalized spacial score (nSPS) is 9.06. The second-order valence-corrected chi connectivity index (χ2v) is 3.25. The molecule has 0 atom stereocenters. The Labute approximate surface area is 98.5 Å². The summed E-state index contributed by atoms with van der Waals surface area (Å²) in [5.41, 5.74) is 0.855. The quantitative estimate of drug-likeness (QED) is 0.338. The maximum absolute atomic E-state index is 11.0. The van der Waals surface area contributed by atoms with Crippen molar-refractivity contribution in [3.8, 4) is 11.8 Å². The van der Waals surface area contributed by atoms with E-state index in [-0.39, 0.29) is 17.9 Å². The highest BCUT2D eigenvalue weighted by Gasteiger charge is 2.11. The number of rotatable bonds is 2. The number of esters is 1. The number of nitro benzene ring substituents is 1. The third-order valence-electron chi connectivity index (χ3n) is 1.92. The van der Waals surface area contributed by atoms with Gasteiger partial charge in [-0.15, -0.1) is 0 Å². The predicted molar refractivity (Wildman–Crippen MR) is 61.3 cm³/mol. The maximum atomic E-state index is 11.0. The zero-order valence-corrected chi connectivity index (χ0v) is 9.52. The zero-order chi connectivity index (χ0) is 12.8. The van der Waals surface area contributed by atoms with E-state index in [4.69, 9.17) is 0 Å². The number of carbonyl (C=O) groups excluding carboxylic acids is 1. The zero-order valence-electron chi connectivity index (χ0n) is 9.52. The first kappa shape index (κ1) is 12.7. The molecule has 5 heteroatoms. The van der Waals surface area contributed by atoms with Crippen LogP contribution in [0.4, 0.5) is 5.69 Å². The second kappa shape index (κ2) is 5.66. The molecule has 0 saturated heterocycles. The molecule has 0 radical (unpaired) electrons. The predicted octanol–water partition coefficient (Wildman–Crippen LogP) is 1.82. The summed E-state index contributed by atoms with van der Waals surface area (Å²) in [4.78, 5) is 21.2. The Bertz CT molecular complexity index is 511. The SMILES string of the molecule is CCOC(=O)C#Cc1ccc(C)cc1[N+](=O)[O-]. The highest BCUT2D eigenvalue weighted by Crippen LogP contribution is 2.18. The van der Waals surface area contributed by atoms with E-state index in [1.807, 2.05) is 0 Å². The Balaban J connectivity index is 3.06. The molecule has 0 aliphatic carbocycles. The molecule has 1 rings (SSSR count). The smallest absolute Gasteiger partial charge is 0.384 e.